The first-order valence-electron chi connectivity index (χ1n) is 8.97. The third kappa shape index (κ3) is 2.85. The normalized spacial score (nSPS) is 22.2. The van der Waals surface area contributed by atoms with Crippen molar-refractivity contribution in [1.82, 2.24) is 5.43 Å². The van der Waals surface area contributed by atoms with E-state index in [0.717, 1.165) is 11.1 Å². The van der Waals surface area contributed by atoms with Gasteiger partial charge >= 0.3 is 0 Å². The molecule has 0 amide bonds. The van der Waals surface area contributed by atoms with Gasteiger partial charge < -0.3 is 28.4 Å². The molecule has 3 atom stereocenters. The Kier molecular flexibility index (Phi) is 4.82. The van der Waals surface area contributed by atoms with Gasteiger partial charge in [-0.3, -0.25) is 5.84 Å². The summed E-state index contributed by atoms with van der Waals surface area (Å²) in [5, 5.41) is 0. The molecule has 0 aliphatic carbocycles. The van der Waals surface area contributed by atoms with Gasteiger partial charge in [0.2, 0.25) is 12.5 Å². The second kappa shape index (κ2) is 7.29. The standard InChI is InChI=1S/C20H24N2O6/c1-10-18(11-5-16(23-2)19(25-4)17(6-11)24-3)12-7-14-15(27-9-26-14)8-13(12)28-20(10)22-21/h5-8,10,18,20,22H,9,21H2,1-4H3/t10-,18+,20-/m0/s1. The van der Waals surface area contributed by atoms with Crippen molar-refractivity contribution < 1.29 is 28.4 Å². The molecule has 0 aromatic heterocycles. The smallest absolute Gasteiger partial charge is 0.231 e. The van der Waals surface area contributed by atoms with Crippen molar-refractivity contribution in [2.24, 2.45) is 11.8 Å². The average molecular weight is 388 g/mol. The van der Waals surface area contributed by atoms with Crippen LogP contribution in [0.25, 0.3) is 0 Å². The quantitative estimate of drug-likeness (QED) is 0.596. The summed E-state index contributed by atoms with van der Waals surface area (Å²) in [7, 11) is 4.79. The molecule has 4 rings (SSSR count). The molecule has 0 fully saturated rings. The monoisotopic (exact) mass is 388 g/mol. The van der Waals surface area contributed by atoms with E-state index in [1.165, 1.54) is 0 Å². The fraction of sp³-hybridized carbons (Fsp3) is 0.400. The summed E-state index contributed by atoms with van der Waals surface area (Å²) in [5.74, 6) is 9.52. The Bertz CT molecular complexity index is 862. The summed E-state index contributed by atoms with van der Waals surface area (Å²) >= 11 is 0. The van der Waals surface area contributed by atoms with Crippen LogP contribution in [0, 0.1) is 5.92 Å². The van der Waals surface area contributed by atoms with Crippen molar-refractivity contribution in [2.75, 3.05) is 28.1 Å². The molecule has 0 unspecified atom stereocenters. The zero-order valence-corrected chi connectivity index (χ0v) is 16.3. The number of ether oxygens (including phenoxy) is 6. The molecule has 3 N–H and O–H groups in total. The highest BCUT2D eigenvalue weighted by Gasteiger charge is 2.38. The van der Waals surface area contributed by atoms with Crippen molar-refractivity contribution in [1.29, 1.82) is 0 Å². The Morgan fingerprint density at radius 2 is 1.57 bits per heavy atom. The highest BCUT2D eigenvalue weighted by molar-refractivity contribution is 5.60. The van der Waals surface area contributed by atoms with E-state index in [4.69, 9.17) is 34.3 Å². The molecule has 0 radical (unpaired) electrons. The van der Waals surface area contributed by atoms with Gasteiger partial charge in [-0.2, -0.15) is 0 Å². The van der Waals surface area contributed by atoms with Gasteiger partial charge in [0.05, 0.1) is 21.3 Å². The topological polar surface area (TPSA) is 93.4 Å². The van der Waals surface area contributed by atoms with E-state index in [1.54, 1.807) is 21.3 Å². The third-order valence-corrected chi connectivity index (χ3v) is 5.31. The van der Waals surface area contributed by atoms with Crippen LogP contribution in [-0.2, 0) is 0 Å². The predicted octanol–water partition coefficient (Wildman–Crippen LogP) is 2.39. The first-order valence-corrected chi connectivity index (χ1v) is 8.97. The van der Waals surface area contributed by atoms with Crippen molar-refractivity contribution in [2.45, 2.75) is 19.1 Å². The van der Waals surface area contributed by atoms with Gasteiger partial charge in [-0.25, -0.2) is 5.43 Å². The van der Waals surface area contributed by atoms with Crippen molar-refractivity contribution in [3.63, 3.8) is 0 Å². The molecule has 8 heteroatoms. The molecule has 0 saturated carbocycles. The van der Waals surface area contributed by atoms with Crippen molar-refractivity contribution in [3.05, 3.63) is 35.4 Å². The highest BCUT2D eigenvalue weighted by Crippen LogP contribution is 2.51. The Morgan fingerprint density at radius 3 is 2.14 bits per heavy atom. The number of methoxy groups -OCH3 is 3. The maximum Gasteiger partial charge on any atom is 0.231 e. The van der Waals surface area contributed by atoms with Crippen LogP contribution < -0.4 is 39.7 Å². The second-order valence-corrected chi connectivity index (χ2v) is 6.74. The Labute approximate surface area is 163 Å². The van der Waals surface area contributed by atoms with Crippen LogP contribution in [0.15, 0.2) is 24.3 Å². The minimum atomic E-state index is -0.378. The third-order valence-electron chi connectivity index (χ3n) is 5.31. The first kappa shape index (κ1) is 18.5. The molecule has 2 aliphatic heterocycles. The van der Waals surface area contributed by atoms with E-state index >= 15 is 0 Å². The fourth-order valence-corrected chi connectivity index (χ4v) is 3.94. The number of hydrogen-bond acceptors (Lipinski definition) is 8. The van der Waals surface area contributed by atoms with Gasteiger partial charge in [0.1, 0.15) is 5.75 Å². The lowest BCUT2D eigenvalue weighted by Crippen LogP contribution is -2.48. The van der Waals surface area contributed by atoms with Crippen LogP contribution in [0.1, 0.15) is 24.0 Å². The van der Waals surface area contributed by atoms with Crippen LogP contribution in [0.4, 0.5) is 0 Å². The molecule has 0 bridgehead atoms. The molecule has 0 spiro atoms. The average Bonchev–Trinajstić information content (AvgIpc) is 3.18. The molecule has 2 aromatic carbocycles. The van der Waals surface area contributed by atoms with E-state index < -0.39 is 0 Å². The zero-order chi connectivity index (χ0) is 19.8. The molecule has 2 aliphatic rings. The summed E-state index contributed by atoms with van der Waals surface area (Å²) in [5.41, 5.74) is 4.74. The van der Waals surface area contributed by atoms with Crippen molar-refractivity contribution in [3.8, 4) is 34.5 Å². The molecule has 150 valence electrons. The fourth-order valence-electron chi connectivity index (χ4n) is 3.94. The number of fused-ring (bicyclic) bond motifs is 2. The molecule has 2 heterocycles. The number of hydrogen-bond donors (Lipinski definition) is 2. The SMILES string of the molecule is COc1cc([C@@H]2c3cc4c(cc3O[C@H](NN)[C@H]2C)OCO4)cc(OC)c1OC. The van der Waals surface area contributed by atoms with Gasteiger partial charge in [-0.05, 0) is 23.8 Å². The highest BCUT2D eigenvalue weighted by atomic mass is 16.7. The minimum absolute atomic E-state index is 0.0145. The molecule has 0 saturated heterocycles. The Balaban J connectivity index is 1.89. The molecule has 2 aromatic rings. The summed E-state index contributed by atoms with van der Waals surface area (Å²) in [6.07, 6.45) is -0.378. The summed E-state index contributed by atoms with van der Waals surface area (Å²) < 4.78 is 33.7. The first-order chi connectivity index (χ1) is 13.6. The lowest BCUT2D eigenvalue weighted by atomic mass is 9.78. The van der Waals surface area contributed by atoms with Crippen LogP contribution in [0.5, 0.6) is 34.5 Å². The lowest BCUT2D eigenvalue weighted by Gasteiger charge is -2.38. The molecule has 8 nitrogen and oxygen atoms in total. The van der Waals surface area contributed by atoms with E-state index in [2.05, 4.69) is 12.3 Å². The largest absolute Gasteiger partial charge is 0.493 e. The van der Waals surface area contributed by atoms with E-state index in [-0.39, 0.29) is 24.9 Å². The Morgan fingerprint density at radius 1 is 0.929 bits per heavy atom. The number of rotatable bonds is 5. The second-order valence-electron chi connectivity index (χ2n) is 6.74. The van der Waals surface area contributed by atoms with Gasteiger partial charge in [-0.15, -0.1) is 0 Å². The number of nitrogens with one attached hydrogen (secondary N) is 1. The van der Waals surface area contributed by atoms with Crippen molar-refractivity contribution >= 4 is 0 Å². The van der Waals surface area contributed by atoms with Gasteiger partial charge in [0.15, 0.2) is 29.2 Å². The zero-order valence-electron chi connectivity index (χ0n) is 16.3. The van der Waals surface area contributed by atoms with Gasteiger partial charge in [0, 0.05) is 23.5 Å². The Hall–Kier alpha value is -2.84. The number of hydrazine groups is 1. The predicted molar refractivity (Wildman–Crippen MR) is 101 cm³/mol. The van der Waals surface area contributed by atoms with Gasteiger partial charge in [0.25, 0.3) is 0 Å². The van der Waals surface area contributed by atoms with Gasteiger partial charge in [-0.1, -0.05) is 6.92 Å². The van der Waals surface area contributed by atoms with E-state index in [0.29, 0.717) is 34.5 Å². The maximum absolute atomic E-state index is 6.07. The van der Waals surface area contributed by atoms with Crippen LogP contribution in [0.3, 0.4) is 0 Å². The maximum atomic E-state index is 6.07. The van der Waals surface area contributed by atoms with Crippen LogP contribution in [0.2, 0.25) is 0 Å². The number of benzene rings is 2. The number of nitrogens with two attached hydrogens (primary N) is 1. The summed E-state index contributed by atoms with van der Waals surface area (Å²) in [6, 6.07) is 7.72. The summed E-state index contributed by atoms with van der Waals surface area (Å²) in [6.45, 7) is 2.27. The van der Waals surface area contributed by atoms with Crippen LogP contribution in [-0.4, -0.2) is 34.4 Å². The minimum Gasteiger partial charge on any atom is -0.493 e. The molecular weight excluding hydrogens is 364 g/mol. The van der Waals surface area contributed by atoms with E-state index in [9.17, 15) is 0 Å². The molecular formula is C20H24N2O6. The lowest BCUT2D eigenvalue weighted by molar-refractivity contribution is 0.0795. The van der Waals surface area contributed by atoms with Crippen LogP contribution >= 0.6 is 0 Å². The van der Waals surface area contributed by atoms with E-state index in [1.807, 2.05) is 24.3 Å². The summed E-state index contributed by atoms with van der Waals surface area (Å²) in [4.78, 5) is 0. The molecule has 28 heavy (non-hydrogen) atoms.